The average molecular weight is 209 g/mol. The van der Waals surface area contributed by atoms with Crippen molar-refractivity contribution in [2.24, 2.45) is 11.5 Å². The summed E-state index contributed by atoms with van der Waals surface area (Å²) in [5, 5.41) is 6.06. The Labute approximate surface area is 88.5 Å². The first-order valence-corrected chi connectivity index (χ1v) is 4.41. The lowest BCUT2D eigenvalue weighted by molar-refractivity contribution is -0.134. The maximum absolute atomic E-state index is 10.8. The van der Waals surface area contributed by atoms with Crippen LogP contribution >= 0.6 is 0 Å². The Morgan fingerprint density at radius 2 is 1.80 bits per heavy atom. The summed E-state index contributed by atoms with van der Waals surface area (Å²) in [7, 11) is 0. The zero-order valence-electron chi connectivity index (χ0n) is 8.57. The first kappa shape index (κ1) is 13.0. The summed E-state index contributed by atoms with van der Waals surface area (Å²) >= 11 is 0. The van der Waals surface area contributed by atoms with Crippen LogP contribution in [0.3, 0.4) is 0 Å². The molecule has 0 aliphatic carbocycles. The molecule has 0 atom stereocenters. The molecule has 0 saturated carbocycles. The molecule has 0 radical (unpaired) electrons. The maximum atomic E-state index is 10.8. The number of ether oxygens (including phenoxy) is 1. The Morgan fingerprint density at radius 3 is 2.20 bits per heavy atom. The van der Waals surface area contributed by atoms with Crippen molar-refractivity contribution in [1.29, 1.82) is 5.41 Å². The molecule has 1 aromatic carbocycles. The van der Waals surface area contributed by atoms with Gasteiger partial charge in [0.1, 0.15) is 5.75 Å². The summed E-state index contributed by atoms with van der Waals surface area (Å²) in [5.74, 6) is 0.0792. The highest BCUT2D eigenvalue weighted by molar-refractivity contribution is 5.72. The maximum Gasteiger partial charge on any atom is 0.310 e. The van der Waals surface area contributed by atoms with Crippen LogP contribution in [0.4, 0.5) is 0 Å². The Kier molecular flexibility index (Phi) is 6.37. The van der Waals surface area contributed by atoms with Crippen molar-refractivity contribution in [3.63, 3.8) is 0 Å². The molecule has 0 heterocycles. The van der Waals surface area contributed by atoms with Crippen LogP contribution in [0.2, 0.25) is 0 Å². The van der Waals surface area contributed by atoms with Crippen LogP contribution in [-0.2, 0) is 4.79 Å². The quantitative estimate of drug-likeness (QED) is 0.290. The molecule has 0 aliphatic rings. The molecule has 0 fully saturated rings. The average Bonchev–Trinajstić information content (AvgIpc) is 2.18. The van der Waals surface area contributed by atoms with E-state index >= 15 is 0 Å². The summed E-state index contributed by atoms with van der Waals surface area (Å²) in [6.07, 6.45) is 0.412. The van der Waals surface area contributed by atoms with Gasteiger partial charge < -0.3 is 16.2 Å². The number of hydrogen-bond donors (Lipinski definition) is 3. The number of rotatable bonds is 2. The molecule has 1 rings (SSSR count). The van der Waals surface area contributed by atoms with E-state index in [9.17, 15) is 4.79 Å². The number of guanidine groups is 1. The van der Waals surface area contributed by atoms with E-state index < -0.39 is 0 Å². The van der Waals surface area contributed by atoms with Gasteiger partial charge in [0, 0.05) is 6.42 Å². The number of carbonyl (C=O) groups excluding carboxylic acids is 1. The Hall–Kier alpha value is -2.04. The number of nitrogens with one attached hydrogen (secondary N) is 1. The highest BCUT2D eigenvalue weighted by Gasteiger charge is 1.98. The van der Waals surface area contributed by atoms with Gasteiger partial charge in [0.25, 0.3) is 0 Å². The summed E-state index contributed by atoms with van der Waals surface area (Å²) in [6, 6.07) is 9.06. The minimum atomic E-state index is -0.333. The van der Waals surface area contributed by atoms with Crippen molar-refractivity contribution in [2.45, 2.75) is 13.3 Å². The third-order valence-electron chi connectivity index (χ3n) is 1.26. The van der Waals surface area contributed by atoms with E-state index in [0.717, 1.165) is 0 Å². The monoisotopic (exact) mass is 209 g/mol. The van der Waals surface area contributed by atoms with Crippen molar-refractivity contribution in [1.82, 2.24) is 0 Å². The summed E-state index contributed by atoms with van der Waals surface area (Å²) < 4.78 is 4.92. The number of hydrogen-bond acceptors (Lipinski definition) is 3. The second-order valence-electron chi connectivity index (χ2n) is 2.60. The highest BCUT2D eigenvalue weighted by atomic mass is 16.5. The van der Waals surface area contributed by atoms with Crippen LogP contribution in [0, 0.1) is 5.41 Å². The lowest BCUT2D eigenvalue weighted by atomic mass is 10.3. The minimum absolute atomic E-state index is 0.198. The number of esters is 1. The third kappa shape index (κ3) is 8.29. The first-order chi connectivity index (χ1) is 7.06. The molecule has 5 nitrogen and oxygen atoms in total. The molecule has 0 bridgehead atoms. The summed E-state index contributed by atoms with van der Waals surface area (Å²) in [5.41, 5.74) is 8.94. The van der Waals surface area contributed by atoms with Crippen LogP contribution in [0.1, 0.15) is 13.3 Å². The number of benzene rings is 1. The molecule has 0 aromatic heterocycles. The van der Waals surface area contributed by atoms with Crippen LogP contribution in [0.5, 0.6) is 5.75 Å². The van der Waals surface area contributed by atoms with Crippen LogP contribution in [0.25, 0.3) is 0 Å². The SMILES string of the molecule is CCC(=O)Oc1ccccc1.N=C(N)N. The van der Waals surface area contributed by atoms with Crippen LogP contribution in [0.15, 0.2) is 30.3 Å². The third-order valence-corrected chi connectivity index (χ3v) is 1.26. The lowest BCUT2D eigenvalue weighted by Gasteiger charge is -1.99. The first-order valence-electron chi connectivity index (χ1n) is 4.41. The normalized spacial score (nSPS) is 8.33. The highest BCUT2D eigenvalue weighted by Crippen LogP contribution is 2.08. The Bertz CT molecular complexity index is 308. The number of para-hydroxylation sites is 1. The predicted octanol–water partition coefficient (Wildman–Crippen LogP) is 0.841. The summed E-state index contributed by atoms with van der Waals surface area (Å²) in [6.45, 7) is 1.77. The van der Waals surface area contributed by atoms with Gasteiger partial charge in [-0.2, -0.15) is 0 Å². The molecule has 0 unspecified atom stereocenters. The van der Waals surface area contributed by atoms with E-state index in [0.29, 0.717) is 12.2 Å². The van der Waals surface area contributed by atoms with Crippen molar-refractivity contribution in [3.05, 3.63) is 30.3 Å². The Morgan fingerprint density at radius 1 is 1.33 bits per heavy atom. The Balaban J connectivity index is 0.000000423. The van der Waals surface area contributed by atoms with Gasteiger partial charge >= 0.3 is 5.97 Å². The van der Waals surface area contributed by atoms with E-state index in [2.05, 4.69) is 11.5 Å². The molecule has 0 amide bonds. The van der Waals surface area contributed by atoms with Crippen molar-refractivity contribution >= 4 is 11.9 Å². The molecular formula is C10H15N3O2. The van der Waals surface area contributed by atoms with Crippen LogP contribution < -0.4 is 16.2 Å². The van der Waals surface area contributed by atoms with E-state index in [4.69, 9.17) is 10.1 Å². The molecule has 5 N–H and O–H groups in total. The van der Waals surface area contributed by atoms with Gasteiger partial charge in [0.2, 0.25) is 0 Å². The molecular weight excluding hydrogens is 194 g/mol. The molecule has 5 heteroatoms. The number of nitrogens with two attached hydrogens (primary N) is 2. The molecule has 82 valence electrons. The molecule has 15 heavy (non-hydrogen) atoms. The van der Waals surface area contributed by atoms with Gasteiger partial charge in [0.05, 0.1) is 0 Å². The predicted molar refractivity (Wildman–Crippen MR) is 58.5 cm³/mol. The largest absolute Gasteiger partial charge is 0.427 e. The summed E-state index contributed by atoms with van der Waals surface area (Å²) in [4.78, 5) is 10.8. The van der Waals surface area contributed by atoms with Crippen molar-refractivity contribution < 1.29 is 9.53 Å². The zero-order chi connectivity index (χ0) is 11.7. The lowest BCUT2D eigenvalue weighted by Crippen LogP contribution is -2.20. The van der Waals surface area contributed by atoms with Gasteiger partial charge in [-0.25, -0.2) is 0 Å². The molecule has 0 spiro atoms. The molecule has 0 aliphatic heterocycles. The van der Waals surface area contributed by atoms with E-state index in [1.54, 1.807) is 19.1 Å². The van der Waals surface area contributed by atoms with Gasteiger partial charge in [-0.3, -0.25) is 10.2 Å². The van der Waals surface area contributed by atoms with Gasteiger partial charge in [-0.05, 0) is 12.1 Å². The smallest absolute Gasteiger partial charge is 0.310 e. The van der Waals surface area contributed by atoms with E-state index in [1.165, 1.54) is 0 Å². The number of carbonyl (C=O) groups is 1. The fourth-order valence-electron chi connectivity index (χ4n) is 0.692. The van der Waals surface area contributed by atoms with E-state index in [1.807, 2.05) is 18.2 Å². The second-order valence-corrected chi connectivity index (χ2v) is 2.60. The van der Waals surface area contributed by atoms with E-state index in [-0.39, 0.29) is 11.9 Å². The van der Waals surface area contributed by atoms with Crippen molar-refractivity contribution in [2.75, 3.05) is 0 Å². The van der Waals surface area contributed by atoms with Gasteiger partial charge in [-0.1, -0.05) is 25.1 Å². The molecule has 0 saturated heterocycles. The minimum Gasteiger partial charge on any atom is -0.427 e. The van der Waals surface area contributed by atoms with Crippen LogP contribution in [-0.4, -0.2) is 11.9 Å². The molecule has 1 aromatic rings. The second kappa shape index (κ2) is 7.37. The fourth-order valence-corrected chi connectivity index (χ4v) is 0.692. The fraction of sp³-hybridized carbons (Fsp3) is 0.200. The standard InChI is InChI=1S/C9H10O2.CH5N3/c1-2-9(10)11-8-6-4-3-5-7-8;2-1(3)4/h3-7H,2H2,1H3;(H5,2,3,4). The van der Waals surface area contributed by atoms with Gasteiger partial charge in [-0.15, -0.1) is 0 Å². The van der Waals surface area contributed by atoms with Crippen molar-refractivity contribution in [3.8, 4) is 5.75 Å². The zero-order valence-corrected chi connectivity index (χ0v) is 8.57. The van der Waals surface area contributed by atoms with Gasteiger partial charge in [0.15, 0.2) is 5.96 Å². The topological polar surface area (TPSA) is 102 Å².